The predicted octanol–water partition coefficient (Wildman–Crippen LogP) is 2.57. The molecule has 0 saturated carbocycles. The Kier molecular flexibility index (Phi) is 5.65. The van der Waals surface area contributed by atoms with Gasteiger partial charge in [0.15, 0.2) is 0 Å². The van der Waals surface area contributed by atoms with Crippen LogP contribution in [0.3, 0.4) is 0 Å². The molecule has 2 unspecified atom stereocenters. The van der Waals surface area contributed by atoms with Gasteiger partial charge >= 0.3 is 5.97 Å². The van der Waals surface area contributed by atoms with E-state index < -0.39 is 6.29 Å². The normalized spacial score (nSPS) is 25.5. The Morgan fingerprint density at radius 2 is 2.13 bits per heavy atom. The minimum absolute atomic E-state index is 0.0891. The van der Waals surface area contributed by atoms with E-state index in [9.17, 15) is 4.79 Å². The van der Waals surface area contributed by atoms with Gasteiger partial charge in [-0.1, -0.05) is 32.6 Å². The summed E-state index contributed by atoms with van der Waals surface area (Å²) in [4.78, 5) is 20.6. The Morgan fingerprint density at radius 3 is 2.80 bits per heavy atom. The van der Waals surface area contributed by atoms with Crippen molar-refractivity contribution < 1.29 is 19.3 Å². The van der Waals surface area contributed by atoms with Gasteiger partial charge in [0.25, 0.3) is 0 Å². The molecule has 0 aromatic carbocycles. The number of ether oxygens (including phenoxy) is 1. The number of carbonyl (C=O) groups excluding carboxylic acids is 1. The van der Waals surface area contributed by atoms with Crippen LogP contribution in [0.15, 0.2) is 0 Å². The highest BCUT2D eigenvalue weighted by molar-refractivity contribution is 5.66. The zero-order chi connectivity index (χ0) is 11.1. The average Bonchev–Trinajstić information content (AvgIpc) is 2.59. The van der Waals surface area contributed by atoms with E-state index in [1.807, 2.05) is 0 Å². The lowest BCUT2D eigenvalue weighted by Gasteiger charge is -2.05. The van der Waals surface area contributed by atoms with Gasteiger partial charge in [0, 0.05) is 13.3 Å². The van der Waals surface area contributed by atoms with Gasteiger partial charge in [-0.15, -0.1) is 0 Å². The van der Waals surface area contributed by atoms with Crippen LogP contribution in [0.2, 0.25) is 0 Å². The van der Waals surface area contributed by atoms with Crippen LogP contribution >= 0.6 is 0 Å². The van der Waals surface area contributed by atoms with Crippen molar-refractivity contribution in [2.24, 2.45) is 0 Å². The third-order valence-corrected chi connectivity index (χ3v) is 2.43. The summed E-state index contributed by atoms with van der Waals surface area (Å²) in [5.74, 6) is -0.324. The second-order valence-corrected chi connectivity index (χ2v) is 3.94. The Labute approximate surface area is 90.8 Å². The fourth-order valence-electron chi connectivity index (χ4n) is 1.65. The third-order valence-electron chi connectivity index (χ3n) is 2.43. The molecule has 1 aliphatic rings. The number of carbonyl (C=O) groups is 1. The highest BCUT2D eigenvalue weighted by Crippen LogP contribution is 2.22. The van der Waals surface area contributed by atoms with Crippen LogP contribution in [0, 0.1) is 0 Å². The van der Waals surface area contributed by atoms with E-state index >= 15 is 0 Å². The molecule has 0 N–H and O–H groups in total. The van der Waals surface area contributed by atoms with Crippen LogP contribution in [0.5, 0.6) is 0 Å². The molecule has 1 heterocycles. The molecule has 0 aromatic heterocycles. The third kappa shape index (κ3) is 5.14. The van der Waals surface area contributed by atoms with E-state index in [0.29, 0.717) is 6.42 Å². The van der Waals surface area contributed by atoms with Crippen LogP contribution in [0.4, 0.5) is 0 Å². The van der Waals surface area contributed by atoms with Gasteiger partial charge in [0.1, 0.15) is 0 Å². The van der Waals surface area contributed by atoms with Crippen molar-refractivity contribution in [1.82, 2.24) is 0 Å². The average molecular weight is 216 g/mol. The maximum Gasteiger partial charge on any atom is 0.305 e. The van der Waals surface area contributed by atoms with Gasteiger partial charge in [0.2, 0.25) is 6.29 Å². The van der Waals surface area contributed by atoms with Crippen LogP contribution < -0.4 is 0 Å². The first-order chi connectivity index (χ1) is 7.22. The Morgan fingerprint density at radius 1 is 1.33 bits per heavy atom. The van der Waals surface area contributed by atoms with Gasteiger partial charge in [-0.05, 0) is 6.42 Å². The fraction of sp³-hybridized carbons (Fsp3) is 0.909. The van der Waals surface area contributed by atoms with E-state index in [1.54, 1.807) is 0 Å². The number of hydrogen-bond donors (Lipinski definition) is 0. The zero-order valence-corrected chi connectivity index (χ0v) is 9.53. The fourth-order valence-corrected chi connectivity index (χ4v) is 1.65. The standard InChI is InChI=1S/C11H20O4/c1-3-4-5-6-7-10-8-11(15-14-10)13-9(2)12/h10-11H,3-8H2,1-2H3. The number of hydrogen-bond acceptors (Lipinski definition) is 4. The summed E-state index contributed by atoms with van der Waals surface area (Å²) in [5.41, 5.74) is 0. The molecule has 88 valence electrons. The molecule has 1 rings (SSSR count). The quantitative estimate of drug-likeness (QED) is 0.389. The summed E-state index contributed by atoms with van der Waals surface area (Å²) in [6.07, 6.45) is 6.11. The van der Waals surface area contributed by atoms with Gasteiger partial charge in [0.05, 0.1) is 6.10 Å². The van der Waals surface area contributed by atoms with Gasteiger partial charge < -0.3 is 4.74 Å². The maximum absolute atomic E-state index is 10.6. The first-order valence-corrected chi connectivity index (χ1v) is 5.71. The molecule has 1 fully saturated rings. The highest BCUT2D eigenvalue weighted by Gasteiger charge is 2.28. The smallest absolute Gasteiger partial charge is 0.305 e. The molecule has 4 nitrogen and oxygen atoms in total. The molecule has 0 radical (unpaired) electrons. The largest absolute Gasteiger partial charge is 0.433 e. The monoisotopic (exact) mass is 216 g/mol. The van der Waals surface area contributed by atoms with Crippen molar-refractivity contribution >= 4 is 5.97 Å². The summed E-state index contributed by atoms with van der Waals surface area (Å²) in [6, 6.07) is 0. The second kappa shape index (κ2) is 6.80. The summed E-state index contributed by atoms with van der Waals surface area (Å²) in [6.45, 7) is 3.56. The molecule has 1 saturated heterocycles. The lowest BCUT2D eigenvalue weighted by atomic mass is 10.1. The van der Waals surface area contributed by atoms with E-state index in [1.165, 1.54) is 26.2 Å². The second-order valence-electron chi connectivity index (χ2n) is 3.94. The van der Waals surface area contributed by atoms with Crippen molar-refractivity contribution in [1.29, 1.82) is 0 Å². The predicted molar refractivity (Wildman–Crippen MR) is 54.9 cm³/mol. The Balaban J connectivity index is 2.05. The van der Waals surface area contributed by atoms with Crippen LogP contribution in [0.1, 0.15) is 52.4 Å². The zero-order valence-electron chi connectivity index (χ0n) is 9.53. The van der Waals surface area contributed by atoms with E-state index in [2.05, 4.69) is 6.92 Å². The van der Waals surface area contributed by atoms with Crippen molar-refractivity contribution in [2.45, 2.75) is 64.8 Å². The summed E-state index contributed by atoms with van der Waals surface area (Å²) >= 11 is 0. The Hall–Kier alpha value is -0.610. The lowest BCUT2D eigenvalue weighted by molar-refractivity contribution is -0.335. The van der Waals surface area contributed by atoms with Crippen molar-refractivity contribution in [3.63, 3.8) is 0 Å². The van der Waals surface area contributed by atoms with E-state index in [0.717, 1.165) is 12.8 Å². The van der Waals surface area contributed by atoms with Crippen LogP contribution in [-0.4, -0.2) is 18.4 Å². The molecule has 1 aliphatic heterocycles. The molecule has 0 aliphatic carbocycles. The first kappa shape index (κ1) is 12.5. The van der Waals surface area contributed by atoms with Gasteiger partial charge in [-0.25, -0.2) is 4.89 Å². The number of rotatable bonds is 6. The minimum Gasteiger partial charge on any atom is -0.433 e. The van der Waals surface area contributed by atoms with Gasteiger partial charge in [-0.3, -0.25) is 4.79 Å². The number of unbranched alkanes of at least 4 members (excludes halogenated alkanes) is 3. The summed E-state index contributed by atoms with van der Waals surface area (Å²) in [7, 11) is 0. The van der Waals surface area contributed by atoms with Crippen LogP contribution in [-0.2, 0) is 19.3 Å². The topological polar surface area (TPSA) is 44.8 Å². The van der Waals surface area contributed by atoms with Gasteiger partial charge in [-0.2, -0.15) is 4.89 Å². The first-order valence-electron chi connectivity index (χ1n) is 5.71. The molecule has 2 atom stereocenters. The minimum atomic E-state index is -0.501. The summed E-state index contributed by atoms with van der Waals surface area (Å²) < 4.78 is 4.88. The van der Waals surface area contributed by atoms with Crippen molar-refractivity contribution in [2.75, 3.05) is 0 Å². The molecular formula is C11H20O4. The lowest BCUT2D eigenvalue weighted by Crippen LogP contribution is -2.14. The van der Waals surface area contributed by atoms with Crippen molar-refractivity contribution in [3.8, 4) is 0 Å². The SMILES string of the molecule is CCCCCCC1CC(OC(C)=O)OO1. The maximum atomic E-state index is 10.6. The van der Waals surface area contributed by atoms with Crippen molar-refractivity contribution in [3.05, 3.63) is 0 Å². The number of esters is 1. The van der Waals surface area contributed by atoms with E-state index in [-0.39, 0.29) is 12.1 Å². The highest BCUT2D eigenvalue weighted by atomic mass is 17.2. The van der Waals surface area contributed by atoms with E-state index in [4.69, 9.17) is 14.5 Å². The molecule has 0 bridgehead atoms. The molecular weight excluding hydrogens is 196 g/mol. The van der Waals surface area contributed by atoms with Crippen LogP contribution in [0.25, 0.3) is 0 Å². The molecule has 0 spiro atoms. The molecule has 0 aromatic rings. The Bertz CT molecular complexity index is 193. The molecule has 15 heavy (non-hydrogen) atoms. The molecule has 0 amide bonds. The summed E-state index contributed by atoms with van der Waals surface area (Å²) in [5, 5.41) is 0. The molecule has 4 heteroatoms.